The van der Waals surface area contributed by atoms with E-state index in [0.717, 1.165) is 97.2 Å². The van der Waals surface area contributed by atoms with E-state index in [1.807, 2.05) is 24.3 Å². The fourth-order valence-electron chi connectivity index (χ4n) is 9.02. The van der Waals surface area contributed by atoms with Gasteiger partial charge in [-0.1, -0.05) is 218 Å². The Labute approximate surface area is 438 Å². The first-order valence-corrected chi connectivity index (χ1v) is 28.8. The van der Waals surface area contributed by atoms with Crippen molar-refractivity contribution in [2.24, 2.45) is 0 Å². The zero-order valence-electron chi connectivity index (χ0n) is 41.4. The van der Waals surface area contributed by atoms with Crippen LogP contribution in [-0.2, 0) is 45.9 Å². The standard InChI is InChI=1S/2C28H44O3S.Ba/c2*1-3-5-7-9-11-13-15-17-24-19-20-26-21-25(18-16-14-12-10-8-6-4-2)23-28(27(26)22-24)32(29,30)31;/h2*19-23H,3-18H2,1-2H3,(H,29,30,31);/q;;+2/p-2. The molecular weight excluding hydrogens is 970 g/mol. The van der Waals surface area contributed by atoms with Crippen LogP contribution in [0.2, 0.25) is 0 Å². The molecule has 0 aliphatic carbocycles. The van der Waals surface area contributed by atoms with Crippen LogP contribution in [0.1, 0.15) is 230 Å². The summed E-state index contributed by atoms with van der Waals surface area (Å²) in [5.41, 5.74) is 4.16. The van der Waals surface area contributed by atoms with Crippen LogP contribution in [0.15, 0.2) is 70.5 Å². The summed E-state index contributed by atoms with van der Waals surface area (Å²) < 4.78 is 72.1. The molecule has 9 heteroatoms. The summed E-state index contributed by atoms with van der Waals surface area (Å²) in [7, 11) is -9.00. The normalized spacial score (nSPS) is 11.8. The molecule has 4 rings (SSSR count). The molecule has 0 aromatic heterocycles. The molecule has 4 aromatic rings. The Morgan fingerprint density at radius 2 is 0.569 bits per heavy atom. The smallest absolute Gasteiger partial charge is 0.744 e. The summed E-state index contributed by atoms with van der Waals surface area (Å²) in [4.78, 5) is -0.0938. The van der Waals surface area contributed by atoms with Crippen LogP contribution in [0.4, 0.5) is 0 Å². The van der Waals surface area contributed by atoms with Gasteiger partial charge in [-0.25, -0.2) is 16.8 Å². The maximum atomic E-state index is 12.0. The number of benzene rings is 4. The van der Waals surface area contributed by atoms with Crippen molar-refractivity contribution in [1.82, 2.24) is 0 Å². The van der Waals surface area contributed by atoms with Crippen LogP contribution in [0.25, 0.3) is 21.5 Å². The minimum Gasteiger partial charge on any atom is -0.744 e. The van der Waals surface area contributed by atoms with E-state index < -0.39 is 20.2 Å². The van der Waals surface area contributed by atoms with Gasteiger partial charge in [0.25, 0.3) is 0 Å². The van der Waals surface area contributed by atoms with Crippen LogP contribution >= 0.6 is 0 Å². The fourth-order valence-corrected chi connectivity index (χ4v) is 10.5. The van der Waals surface area contributed by atoms with E-state index in [4.69, 9.17) is 0 Å². The average molecular weight is 1060 g/mol. The van der Waals surface area contributed by atoms with E-state index in [0.29, 0.717) is 10.8 Å². The van der Waals surface area contributed by atoms with Crippen molar-refractivity contribution in [3.63, 3.8) is 0 Å². The Morgan fingerprint density at radius 1 is 0.323 bits per heavy atom. The number of fused-ring (bicyclic) bond motifs is 2. The molecule has 65 heavy (non-hydrogen) atoms. The molecule has 0 saturated carbocycles. The van der Waals surface area contributed by atoms with Crippen molar-refractivity contribution in [2.75, 3.05) is 0 Å². The predicted octanol–water partition coefficient (Wildman–Crippen LogP) is 16.3. The summed E-state index contributed by atoms with van der Waals surface area (Å²) in [5.74, 6) is 0. The van der Waals surface area contributed by atoms with Gasteiger partial charge in [0.05, 0.1) is 9.79 Å². The van der Waals surface area contributed by atoms with Gasteiger partial charge in [-0.15, -0.1) is 0 Å². The Kier molecular flexibility index (Phi) is 32.2. The van der Waals surface area contributed by atoms with Gasteiger partial charge in [0.1, 0.15) is 20.2 Å². The Bertz CT molecular complexity index is 1960. The Balaban J connectivity index is 0.000000440. The molecule has 0 aliphatic heterocycles. The third-order valence-corrected chi connectivity index (χ3v) is 14.6. The monoisotopic (exact) mass is 1060 g/mol. The van der Waals surface area contributed by atoms with E-state index in [-0.39, 0.29) is 58.7 Å². The Hall–Kier alpha value is -1.21. The second kappa shape index (κ2) is 35.0. The van der Waals surface area contributed by atoms with Gasteiger partial charge in [-0.2, -0.15) is 0 Å². The number of hydrogen-bond acceptors (Lipinski definition) is 6. The third kappa shape index (κ3) is 24.8. The van der Waals surface area contributed by atoms with Gasteiger partial charge in [-0.05, 0) is 119 Å². The van der Waals surface area contributed by atoms with E-state index >= 15 is 0 Å². The first-order chi connectivity index (χ1) is 30.9. The van der Waals surface area contributed by atoms with Gasteiger partial charge in [0, 0.05) is 0 Å². The van der Waals surface area contributed by atoms with Crippen molar-refractivity contribution >= 4 is 90.7 Å². The molecule has 0 spiro atoms. The maximum absolute atomic E-state index is 12.0. The summed E-state index contributed by atoms with van der Waals surface area (Å²) in [6.45, 7) is 8.91. The summed E-state index contributed by atoms with van der Waals surface area (Å²) in [5, 5.41) is 2.90. The Morgan fingerprint density at radius 3 is 0.831 bits per heavy atom. The van der Waals surface area contributed by atoms with Crippen molar-refractivity contribution in [3.05, 3.63) is 82.9 Å². The minimum atomic E-state index is -4.50. The molecule has 0 bridgehead atoms. The van der Waals surface area contributed by atoms with Gasteiger partial charge in [0.2, 0.25) is 0 Å². The summed E-state index contributed by atoms with van der Waals surface area (Å²) >= 11 is 0. The zero-order valence-corrected chi connectivity index (χ0v) is 47.4. The number of hydrogen-bond donors (Lipinski definition) is 0. The fraction of sp³-hybridized carbons (Fsp3) is 0.643. The molecule has 0 amide bonds. The summed E-state index contributed by atoms with van der Waals surface area (Å²) in [6.07, 6.45) is 38.1. The van der Waals surface area contributed by atoms with E-state index in [9.17, 15) is 25.9 Å². The quantitative estimate of drug-likeness (QED) is 0.0261. The number of rotatable bonds is 34. The molecule has 0 heterocycles. The summed E-state index contributed by atoms with van der Waals surface area (Å²) in [6, 6.07) is 19.4. The van der Waals surface area contributed by atoms with Crippen LogP contribution in [0.5, 0.6) is 0 Å². The number of aryl methyl sites for hydroxylation is 4. The second-order valence-corrected chi connectivity index (χ2v) is 21.4. The molecule has 360 valence electrons. The number of unbranched alkanes of at least 4 members (excludes halogenated alkanes) is 24. The van der Waals surface area contributed by atoms with Crippen LogP contribution < -0.4 is 0 Å². The van der Waals surface area contributed by atoms with Crippen molar-refractivity contribution in [2.45, 2.75) is 243 Å². The maximum Gasteiger partial charge on any atom is 2.00 e. The minimum absolute atomic E-state index is 0. The van der Waals surface area contributed by atoms with E-state index in [2.05, 4.69) is 52.0 Å². The molecule has 0 aliphatic rings. The van der Waals surface area contributed by atoms with Crippen molar-refractivity contribution < 1.29 is 25.9 Å². The van der Waals surface area contributed by atoms with E-state index in [1.165, 1.54) is 141 Å². The molecule has 0 saturated heterocycles. The topological polar surface area (TPSA) is 114 Å². The van der Waals surface area contributed by atoms with Crippen LogP contribution in [-0.4, -0.2) is 74.8 Å². The van der Waals surface area contributed by atoms with Gasteiger partial charge < -0.3 is 9.11 Å². The first-order valence-electron chi connectivity index (χ1n) is 25.9. The third-order valence-electron chi connectivity index (χ3n) is 12.9. The largest absolute Gasteiger partial charge is 2.00 e. The molecule has 4 aromatic carbocycles. The van der Waals surface area contributed by atoms with Crippen molar-refractivity contribution in [3.8, 4) is 0 Å². The molecular formula is C56H86BaO6S2. The molecule has 0 N–H and O–H groups in total. The van der Waals surface area contributed by atoms with Gasteiger partial charge >= 0.3 is 48.9 Å². The van der Waals surface area contributed by atoms with Crippen LogP contribution in [0, 0.1) is 0 Å². The molecule has 0 fully saturated rings. The predicted molar refractivity (Wildman–Crippen MR) is 276 cm³/mol. The molecule has 6 nitrogen and oxygen atoms in total. The molecule has 0 unspecified atom stereocenters. The van der Waals surface area contributed by atoms with E-state index in [1.54, 1.807) is 12.1 Å². The second-order valence-electron chi connectivity index (χ2n) is 18.7. The average Bonchev–Trinajstić information content (AvgIpc) is 3.27. The van der Waals surface area contributed by atoms with Gasteiger partial charge in [-0.3, -0.25) is 0 Å². The van der Waals surface area contributed by atoms with Crippen LogP contribution in [0.3, 0.4) is 0 Å². The first kappa shape index (κ1) is 59.9. The SMILES string of the molecule is CCCCCCCCCc1cc(S(=O)(=O)[O-])c2cc(CCCCCCCCC)ccc2c1.CCCCCCCCCc1cc(S(=O)(=O)[O-])c2cc(CCCCCCCCC)ccc2c1.[Ba+2]. The molecule has 0 atom stereocenters. The molecule has 0 radical (unpaired) electrons. The van der Waals surface area contributed by atoms with Crippen molar-refractivity contribution in [1.29, 1.82) is 0 Å². The van der Waals surface area contributed by atoms with Gasteiger partial charge in [0.15, 0.2) is 0 Å². The zero-order chi connectivity index (χ0) is 46.5.